The number of ketones is 1. The number of nitrogens with one attached hydrogen (secondary N) is 1. The van der Waals surface area contributed by atoms with E-state index in [1.807, 2.05) is 56.3 Å². The number of quaternary nitrogens is 1. The Morgan fingerprint density at radius 2 is 1.45 bits per heavy atom. The summed E-state index contributed by atoms with van der Waals surface area (Å²) in [5, 5.41) is 3.08. The van der Waals surface area contributed by atoms with Crippen LogP contribution in [0.5, 0.6) is 0 Å². The minimum Gasteiger partial charge on any atom is -0.459 e. The SMILES string of the molecule is CC[N+](CC)(CCOC(=O)C(C)c1cccc(C(=O)c2ccccc2)c1)CC(=O)Nc1c(C)cccc1C. The molecule has 6 nitrogen and oxygen atoms in total. The van der Waals surface area contributed by atoms with Crippen molar-refractivity contribution >= 4 is 23.3 Å². The third-order valence-corrected chi connectivity index (χ3v) is 7.41. The first-order valence-electron chi connectivity index (χ1n) is 13.3. The number of para-hydroxylation sites is 1. The lowest BCUT2D eigenvalue weighted by Gasteiger charge is -2.36. The summed E-state index contributed by atoms with van der Waals surface area (Å²) in [6.45, 7) is 12.4. The van der Waals surface area contributed by atoms with Gasteiger partial charge in [-0.3, -0.25) is 14.4 Å². The Morgan fingerprint density at radius 1 is 0.842 bits per heavy atom. The van der Waals surface area contributed by atoms with Gasteiger partial charge in [0, 0.05) is 16.8 Å². The summed E-state index contributed by atoms with van der Waals surface area (Å²) in [4.78, 5) is 38.7. The predicted molar refractivity (Wildman–Crippen MR) is 151 cm³/mol. The fourth-order valence-electron chi connectivity index (χ4n) is 4.64. The second kappa shape index (κ2) is 13.2. The van der Waals surface area contributed by atoms with E-state index in [4.69, 9.17) is 4.74 Å². The molecule has 0 aliphatic rings. The standard InChI is InChI=1S/C32H38N2O4/c1-6-34(7-2,22-29(35)33-30-23(3)13-11-14-24(30)4)19-20-38-32(37)25(5)27-17-12-18-28(21-27)31(36)26-15-9-8-10-16-26/h8-18,21,25H,6-7,19-20,22H2,1-5H3/p+1. The molecule has 0 spiro atoms. The molecule has 0 bridgehead atoms. The number of benzene rings is 3. The highest BCUT2D eigenvalue weighted by Gasteiger charge is 2.28. The van der Waals surface area contributed by atoms with Gasteiger partial charge in [0.1, 0.15) is 13.2 Å². The van der Waals surface area contributed by atoms with E-state index < -0.39 is 5.92 Å². The zero-order chi connectivity index (χ0) is 27.7. The summed E-state index contributed by atoms with van der Waals surface area (Å²) in [5.74, 6) is -0.999. The van der Waals surface area contributed by atoms with Crippen molar-refractivity contribution in [1.29, 1.82) is 0 Å². The molecule has 0 aliphatic carbocycles. The molecule has 38 heavy (non-hydrogen) atoms. The number of likely N-dealkylation sites (N-methyl/N-ethyl adjacent to an activating group) is 1. The van der Waals surface area contributed by atoms with Gasteiger partial charge in [-0.05, 0) is 57.4 Å². The molecule has 1 amide bonds. The molecule has 0 saturated heterocycles. The van der Waals surface area contributed by atoms with Crippen molar-refractivity contribution in [2.75, 3.05) is 38.1 Å². The van der Waals surface area contributed by atoms with E-state index in [1.54, 1.807) is 37.3 Å². The first-order valence-corrected chi connectivity index (χ1v) is 13.3. The number of anilines is 1. The number of carbonyl (C=O) groups excluding carboxylic acids is 3. The number of hydrogen-bond acceptors (Lipinski definition) is 4. The molecule has 3 rings (SSSR count). The van der Waals surface area contributed by atoms with Crippen LogP contribution in [0, 0.1) is 13.8 Å². The lowest BCUT2D eigenvalue weighted by Crippen LogP contribution is -2.54. The van der Waals surface area contributed by atoms with E-state index in [9.17, 15) is 14.4 Å². The molecule has 0 heterocycles. The zero-order valence-corrected chi connectivity index (χ0v) is 23.1. The second-order valence-electron chi connectivity index (χ2n) is 9.88. The van der Waals surface area contributed by atoms with Crippen LogP contribution < -0.4 is 5.32 Å². The Kier molecular flexibility index (Phi) is 9.97. The summed E-state index contributed by atoms with van der Waals surface area (Å²) in [6.07, 6.45) is 0. The average molecular weight is 516 g/mol. The molecule has 200 valence electrons. The topological polar surface area (TPSA) is 72.5 Å². The largest absolute Gasteiger partial charge is 0.459 e. The van der Waals surface area contributed by atoms with Crippen LogP contribution in [0.2, 0.25) is 0 Å². The quantitative estimate of drug-likeness (QED) is 0.191. The number of ether oxygens (including phenoxy) is 1. The summed E-state index contributed by atoms with van der Waals surface area (Å²) in [5.41, 5.74) is 4.79. The monoisotopic (exact) mass is 515 g/mol. The molecule has 0 aliphatic heterocycles. The molecule has 1 unspecified atom stereocenters. The van der Waals surface area contributed by atoms with E-state index in [2.05, 4.69) is 19.2 Å². The van der Waals surface area contributed by atoms with Gasteiger partial charge in [-0.1, -0.05) is 66.7 Å². The first kappa shape index (κ1) is 28.8. The van der Waals surface area contributed by atoms with Gasteiger partial charge in [0.2, 0.25) is 0 Å². The number of nitrogens with zero attached hydrogens (tertiary/aromatic N) is 1. The van der Waals surface area contributed by atoms with Gasteiger partial charge < -0.3 is 14.5 Å². The third kappa shape index (κ3) is 7.17. The molecule has 1 N–H and O–H groups in total. The number of hydrogen-bond donors (Lipinski definition) is 1. The third-order valence-electron chi connectivity index (χ3n) is 7.41. The van der Waals surface area contributed by atoms with Gasteiger partial charge in [0.05, 0.1) is 19.0 Å². The van der Waals surface area contributed by atoms with Crippen LogP contribution in [-0.2, 0) is 14.3 Å². The zero-order valence-electron chi connectivity index (χ0n) is 23.1. The van der Waals surface area contributed by atoms with Crippen LogP contribution in [0.25, 0.3) is 0 Å². The molecule has 6 heteroatoms. The highest BCUT2D eigenvalue weighted by Crippen LogP contribution is 2.22. The second-order valence-corrected chi connectivity index (χ2v) is 9.88. The molecular formula is C32H39N2O4+. The van der Waals surface area contributed by atoms with Gasteiger partial charge in [-0.15, -0.1) is 0 Å². The van der Waals surface area contributed by atoms with Crippen LogP contribution in [0.15, 0.2) is 72.8 Å². The summed E-state index contributed by atoms with van der Waals surface area (Å²) >= 11 is 0. The van der Waals surface area contributed by atoms with Crippen LogP contribution in [0.1, 0.15) is 59.3 Å². The summed E-state index contributed by atoms with van der Waals surface area (Å²) in [6, 6.07) is 22.2. The minimum atomic E-state index is -0.518. The summed E-state index contributed by atoms with van der Waals surface area (Å²) in [7, 11) is 0. The highest BCUT2D eigenvalue weighted by atomic mass is 16.5. The molecule has 0 radical (unpaired) electrons. The van der Waals surface area contributed by atoms with E-state index in [0.717, 1.165) is 35.5 Å². The van der Waals surface area contributed by atoms with E-state index in [0.29, 0.717) is 28.7 Å². The Balaban J connectivity index is 1.60. The Morgan fingerprint density at radius 3 is 2.08 bits per heavy atom. The van der Waals surface area contributed by atoms with Gasteiger partial charge in [0.15, 0.2) is 12.3 Å². The van der Waals surface area contributed by atoms with Crippen molar-refractivity contribution in [3.63, 3.8) is 0 Å². The van der Waals surface area contributed by atoms with E-state index >= 15 is 0 Å². The molecule has 1 atom stereocenters. The number of amides is 1. The maximum absolute atomic E-state index is 13.0. The Hall–Kier alpha value is -3.77. The normalized spacial score (nSPS) is 12.0. The number of esters is 1. The fraction of sp³-hybridized carbons (Fsp3) is 0.344. The minimum absolute atomic E-state index is 0.0503. The summed E-state index contributed by atoms with van der Waals surface area (Å²) < 4.78 is 6.18. The lowest BCUT2D eigenvalue weighted by atomic mass is 9.96. The Bertz CT molecular complexity index is 1250. The average Bonchev–Trinajstić information content (AvgIpc) is 2.94. The first-order chi connectivity index (χ1) is 18.2. The van der Waals surface area contributed by atoms with Crippen molar-refractivity contribution in [2.45, 2.75) is 40.5 Å². The molecule has 3 aromatic rings. The van der Waals surface area contributed by atoms with Crippen molar-refractivity contribution in [1.82, 2.24) is 0 Å². The number of rotatable bonds is 12. The van der Waals surface area contributed by atoms with Crippen LogP contribution in [-0.4, -0.2) is 54.9 Å². The molecular weight excluding hydrogens is 476 g/mol. The van der Waals surface area contributed by atoms with Crippen molar-refractivity contribution < 1.29 is 23.6 Å². The van der Waals surface area contributed by atoms with Crippen molar-refractivity contribution in [3.05, 3.63) is 101 Å². The van der Waals surface area contributed by atoms with Crippen LogP contribution in [0.3, 0.4) is 0 Å². The maximum Gasteiger partial charge on any atom is 0.313 e. The van der Waals surface area contributed by atoms with E-state index in [-0.39, 0.29) is 24.3 Å². The van der Waals surface area contributed by atoms with Gasteiger partial charge >= 0.3 is 5.97 Å². The maximum atomic E-state index is 13.0. The molecule has 3 aromatic carbocycles. The van der Waals surface area contributed by atoms with Gasteiger partial charge in [-0.25, -0.2) is 0 Å². The fourth-order valence-corrected chi connectivity index (χ4v) is 4.64. The van der Waals surface area contributed by atoms with E-state index in [1.165, 1.54) is 0 Å². The molecule has 0 fully saturated rings. The lowest BCUT2D eigenvalue weighted by molar-refractivity contribution is -0.917. The highest BCUT2D eigenvalue weighted by molar-refractivity contribution is 6.09. The van der Waals surface area contributed by atoms with Crippen LogP contribution >= 0.6 is 0 Å². The van der Waals surface area contributed by atoms with Crippen molar-refractivity contribution in [2.24, 2.45) is 0 Å². The van der Waals surface area contributed by atoms with Gasteiger partial charge in [0.25, 0.3) is 5.91 Å². The molecule has 0 aromatic heterocycles. The Labute approximate surface area is 226 Å². The smallest absolute Gasteiger partial charge is 0.313 e. The number of carbonyl (C=O) groups is 3. The predicted octanol–water partition coefficient (Wildman–Crippen LogP) is 5.68. The van der Waals surface area contributed by atoms with Crippen molar-refractivity contribution in [3.8, 4) is 0 Å². The van der Waals surface area contributed by atoms with Gasteiger partial charge in [-0.2, -0.15) is 0 Å². The number of aryl methyl sites for hydroxylation is 2. The van der Waals surface area contributed by atoms with Crippen LogP contribution in [0.4, 0.5) is 5.69 Å². The molecule has 0 saturated carbocycles.